The number of rotatable bonds is 8. The summed E-state index contributed by atoms with van der Waals surface area (Å²) >= 11 is 0. The maximum absolute atomic E-state index is 12.8. The smallest absolute Gasteiger partial charge is 0.317 e. The van der Waals surface area contributed by atoms with Gasteiger partial charge in [0.15, 0.2) is 11.5 Å². The minimum atomic E-state index is -0.242. The van der Waals surface area contributed by atoms with Crippen molar-refractivity contribution in [3.05, 3.63) is 41.3 Å². The predicted octanol–water partition coefficient (Wildman–Crippen LogP) is 1.73. The van der Waals surface area contributed by atoms with Crippen LogP contribution in [0.1, 0.15) is 30.2 Å². The highest BCUT2D eigenvalue weighted by Crippen LogP contribution is 2.32. The number of esters is 1. The summed E-state index contributed by atoms with van der Waals surface area (Å²) in [6.45, 7) is 7.21. The van der Waals surface area contributed by atoms with Crippen LogP contribution in [0.4, 0.5) is 10.6 Å². The quantitative estimate of drug-likeness (QED) is 0.452. The number of urea groups is 1. The molecule has 2 aromatic heterocycles. The van der Waals surface area contributed by atoms with E-state index in [0.29, 0.717) is 57.9 Å². The topological polar surface area (TPSA) is 123 Å². The van der Waals surface area contributed by atoms with Crippen molar-refractivity contribution in [3.63, 3.8) is 0 Å². The second-order valence-corrected chi connectivity index (χ2v) is 8.92. The first-order chi connectivity index (χ1) is 18.0. The molecule has 1 saturated heterocycles. The van der Waals surface area contributed by atoms with Crippen molar-refractivity contribution in [2.24, 2.45) is 0 Å². The van der Waals surface area contributed by atoms with Crippen LogP contribution >= 0.6 is 0 Å². The number of hydrogen-bond acceptors (Lipinski definition) is 9. The predicted molar refractivity (Wildman–Crippen MR) is 134 cm³/mol. The number of ether oxygens (including phenoxy) is 3. The molecule has 0 spiro atoms. The van der Waals surface area contributed by atoms with Crippen LogP contribution in [0.3, 0.4) is 0 Å². The Bertz CT molecular complexity index is 1290. The van der Waals surface area contributed by atoms with Gasteiger partial charge < -0.3 is 29.3 Å². The number of piperazine rings is 1. The normalized spacial score (nSPS) is 14.8. The van der Waals surface area contributed by atoms with Gasteiger partial charge in [-0.25, -0.2) is 9.78 Å². The molecule has 1 fully saturated rings. The van der Waals surface area contributed by atoms with E-state index in [1.807, 2.05) is 30.0 Å². The van der Waals surface area contributed by atoms with Gasteiger partial charge in [-0.1, -0.05) is 6.07 Å². The lowest BCUT2D eigenvalue weighted by Gasteiger charge is -2.37. The largest absolute Gasteiger partial charge is 0.466 e. The van der Waals surface area contributed by atoms with Gasteiger partial charge >= 0.3 is 12.0 Å². The number of carbonyl (C=O) groups is 2. The third-order valence-electron chi connectivity index (χ3n) is 6.58. The van der Waals surface area contributed by atoms with E-state index in [0.717, 1.165) is 34.1 Å². The lowest BCUT2D eigenvalue weighted by atomic mass is 10.1. The van der Waals surface area contributed by atoms with Gasteiger partial charge in [0.2, 0.25) is 6.79 Å². The number of aryl methyl sites for hydroxylation is 1. The van der Waals surface area contributed by atoms with E-state index >= 15 is 0 Å². The molecule has 12 nitrogen and oxygen atoms in total. The molecule has 1 aromatic carbocycles. The number of hydrogen-bond donors (Lipinski definition) is 1. The first-order valence-corrected chi connectivity index (χ1v) is 12.5. The monoisotopic (exact) mass is 509 g/mol. The molecule has 5 rings (SSSR count). The molecule has 37 heavy (non-hydrogen) atoms. The summed E-state index contributed by atoms with van der Waals surface area (Å²) in [5.41, 5.74) is 2.82. The number of aromatic nitrogens is 4. The van der Waals surface area contributed by atoms with Crippen LogP contribution in [0, 0.1) is 6.92 Å². The van der Waals surface area contributed by atoms with Gasteiger partial charge in [0.1, 0.15) is 12.1 Å². The molecule has 3 aromatic rings. The summed E-state index contributed by atoms with van der Waals surface area (Å²) in [7, 11) is 0. The average molecular weight is 510 g/mol. The van der Waals surface area contributed by atoms with E-state index in [-0.39, 0.29) is 25.2 Å². The van der Waals surface area contributed by atoms with Gasteiger partial charge in [0, 0.05) is 50.4 Å². The summed E-state index contributed by atoms with van der Waals surface area (Å²) in [6, 6.07) is 5.75. The van der Waals surface area contributed by atoms with Gasteiger partial charge in [0.05, 0.1) is 6.61 Å². The standard InChI is InChI=1S/C25H31N7O5/c1-3-35-22(33)7-5-19-17(2)29-24-27-15-28-32(24)23(19)30-10-12-31(13-11-30)25(34)26-9-8-18-4-6-20-21(14-18)37-16-36-20/h4,6,14-15H,3,5,7-13,16H2,1-2H3,(H,26,34). The van der Waals surface area contributed by atoms with Crippen LogP contribution < -0.4 is 19.7 Å². The zero-order chi connectivity index (χ0) is 25.8. The van der Waals surface area contributed by atoms with Crippen LogP contribution in [0.5, 0.6) is 11.5 Å². The summed E-state index contributed by atoms with van der Waals surface area (Å²) in [5.74, 6) is 2.63. The number of benzene rings is 1. The minimum Gasteiger partial charge on any atom is -0.466 e. The molecule has 0 unspecified atom stereocenters. The maximum atomic E-state index is 12.8. The molecular formula is C25H31N7O5. The van der Waals surface area contributed by atoms with E-state index in [1.54, 1.807) is 11.4 Å². The summed E-state index contributed by atoms with van der Waals surface area (Å²) in [6.07, 6.45) is 2.93. The summed E-state index contributed by atoms with van der Waals surface area (Å²) < 4.78 is 17.6. The van der Waals surface area contributed by atoms with Crippen molar-refractivity contribution < 1.29 is 23.8 Å². The van der Waals surface area contributed by atoms with Crippen molar-refractivity contribution in [1.29, 1.82) is 0 Å². The molecule has 0 bridgehead atoms. The fraction of sp³-hybridized carbons (Fsp3) is 0.480. The van der Waals surface area contributed by atoms with Crippen molar-refractivity contribution in [1.82, 2.24) is 29.8 Å². The molecule has 196 valence electrons. The van der Waals surface area contributed by atoms with E-state index in [9.17, 15) is 9.59 Å². The highest BCUT2D eigenvalue weighted by molar-refractivity contribution is 5.74. The van der Waals surface area contributed by atoms with E-state index < -0.39 is 0 Å². The highest BCUT2D eigenvalue weighted by Gasteiger charge is 2.26. The SMILES string of the molecule is CCOC(=O)CCc1c(C)nc2ncnn2c1N1CCN(C(=O)NCCc2ccc3c(c2)OCO3)CC1. The first kappa shape index (κ1) is 24.6. The Morgan fingerprint density at radius 3 is 2.73 bits per heavy atom. The number of nitrogens with one attached hydrogen (secondary N) is 1. The first-order valence-electron chi connectivity index (χ1n) is 12.5. The molecule has 12 heteroatoms. The van der Waals surface area contributed by atoms with Gasteiger partial charge in [-0.3, -0.25) is 4.79 Å². The zero-order valence-corrected chi connectivity index (χ0v) is 21.1. The van der Waals surface area contributed by atoms with Crippen LogP contribution in [0.2, 0.25) is 0 Å². The molecular weight excluding hydrogens is 478 g/mol. The third-order valence-corrected chi connectivity index (χ3v) is 6.58. The number of nitrogens with zero attached hydrogens (tertiary/aromatic N) is 6. The van der Waals surface area contributed by atoms with E-state index in [1.165, 1.54) is 6.33 Å². The Morgan fingerprint density at radius 1 is 1.11 bits per heavy atom. The van der Waals surface area contributed by atoms with Crippen molar-refractivity contribution in [2.45, 2.75) is 33.1 Å². The minimum absolute atomic E-state index is 0.0836. The lowest BCUT2D eigenvalue weighted by Crippen LogP contribution is -2.52. The molecule has 0 aliphatic carbocycles. The number of amides is 2. The molecule has 2 aliphatic rings. The average Bonchev–Trinajstić information content (AvgIpc) is 3.56. The fourth-order valence-electron chi connectivity index (χ4n) is 4.69. The van der Waals surface area contributed by atoms with Crippen LogP contribution in [0.25, 0.3) is 5.78 Å². The fourth-order valence-corrected chi connectivity index (χ4v) is 4.69. The molecule has 1 N–H and O–H groups in total. The van der Waals surface area contributed by atoms with Crippen LogP contribution in [-0.4, -0.2) is 82.6 Å². The van der Waals surface area contributed by atoms with Crippen molar-refractivity contribution >= 4 is 23.6 Å². The second kappa shape index (κ2) is 10.9. The van der Waals surface area contributed by atoms with E-state index in [2.05, 4.69) is 25.3 Å². The number of fused-ring (bicyclic) bond motifs is 2. The molecule has 0 saturated carbocycles. The molecule has 0 radical (unpaired) electrons. The van der Waals surface area contributed by atoms with Gasteiger partial charge in [-0.2, -0.15) is 14.6 Å². The number of anilines is 1. The molecule has 2 amide bonds. The number of carbonyl (C=O) groups excluding carboxylic acids is 2. The Morgan fingerprint density at radius 2 is 1.92 bits per heavy atom. The van der Waals surface area contributed by atoms with Gasteiger partial charge in [0.25, 0.3) is 5.78 Å². The van der Waals surface area contributed by atoms with Gasteiger partial charge in [-0.05, 0) is 44.4 Å². The second-order valence-electron chi connectivity index (χ2n) is 8.92. The zero-order valence-electron chi connectivity index (χ0n) is 21.1. The van der Waals surface area contributed by atoms with Crippen molar-refractivity contribution in [3.8, 4) is 11.5 Å². The summed E-state index contributed by atoms with van der Waals surface area (Å²) in [5, 5.41) is 7.40. The van der Waals surface area contributed by atoms with Gasteiger partial charge in [-0.15, -0.1) is 0 Å². The third kappa shape index (κ3) is 5.37. The Kier molecular flexibility index (Phi) is 7.24. The molecule has 4 heterocycles. The summed E-state index contributed by atoms with van der Waals surface area (Å²) in [4.78, 5) is 37.7. The van der Waals surface area contributed by atoms with Crippen LogP contribution in [-0.2, 0) is 22.4 Å². The maximum Gasteiger partial charge on any atom is 0.317 e. The molecule has 0 atom stereocenters. The molecule has 2 aliphatic heterocycles. The van der Waals surface area contributed by atoms with E-state index in [4.69, 9.17) is 14.2 Å². The Hall–Kier alpha value is -4.09. The van der Waals surface area contributed by atoms with Crippen molar-refractivity contribution in [2.75, 3.05) is 51.0 Å². The lowest BCUT2D eigenvalue weighted by molar-refractivity contribution is -0.143. The Labute approximate surface area is 214 Å². The van der Waals surface area contributed by atoms with Crippen LogP contribution in [0.15, 0.2) is 24.5 Å². The Balaban J connectivity index is 1.20. The highest BCUT2D eigenvalue weighted by atomic mass is 16.7.